The normalized spacial score (nSPS) is 11.1. The number of nitrogens with zero attached hydrogens (tertiary/aromatic N) is 1. The highest BCUT2D eigenvalue weighted by molar-refractivity contribution is 7.89. The third-order valence-electron chi connectivity index (χ3n) is 2.59. The molecule has 0 saturated heterocycles. The number of benzene rings is 1. The highest BCUT2D eigenvalue weighted by atomic mass is 32.2. The van der Waals surface area contributed by atoms with E-state index in [4.69, 9.17) is 14.6 Å². The number of nitrogens with two attached hydrogens (primary N) is 1. The molecule has 1 aromatic heterocycles. The first kappa shape index (κ1) is 14.3. The van der Waals surface area contributed by atoms with E-state index in [9.17, 15) is 8.42 Å². The summed E-state index contributed by atoms with van der Waals surface area (Å²) in [5.41, 5.74) is 0.797. The molecule has 0 atom stereocenters. The molecule has 0 unspecified atom stereocenters. The molecule has 2 rings (SSSR count). The highest BCUT2D eigenvalue weighted by Crippen LogP contribution is 2.19. The lowest BCUT2D eigenvalue weighted by Crippen LogP contribution is -2.11. The van der Waals surface area contributed by atoms with Crippen molar-refractivity contribution in [3.63, 3.8) is 0 Å². The molecular weight excluding hydrogens is 280 g/mol. The molecule has 0 aliphatic heterocycles. The van der Waals surface area contributed by atoms with E-state index in [-0.39, 0.29) is 11.5 Å². The van der Waals surface area contributed by atoms with E-state index < -0.39 is 10.0 Å². The van der Waals surface area contributed by atoms with Gasteiger partial charge in [0.15, 0.2) is 0 Å². The quantitative estimate of drug-likeness (QED) is 0.898. The summed E-state index contributed by atoms with van der Waals surface area (Å²) >= 11 is 0. The van der Waals surface area contributed by atoms with Crippen LogP contribution in [0.1, 0.15) is 5.56 Å². The van der Waals surface area contributed by atoms with Crippen LogP contribution in [0.2, 0.25) is 0 Å². The Labute approximate surface area is 117 Å². The summed E-state index contributed by atoms with van der Waals surface area (Å²) in [4.78, 5) is 4.10. The molecule has 0 fully saturated rings. The average molecular weight is 294 g/mol. The van der Waals surface area contributed by atoms with Crippen LogP contribution in [0.15, 0.2) is 47.5 Å². The van der Waals surface area contributed by atoms with E-state index in [0.717, 1.165) is 5.56 Å². The van der Waals surface area contributed by atoms with Crippen LogP contribution in [0.3, 0.4) is 0 Å². The van der Waals surface area contributed by atoms with Crippen LogP contribution in [-0.4, -0.2) is 20.5 Å². The fourth-order valence-corrected chi connectivity index (χ4v) is 2.12. The van der Waals surface area contributed by atoms with Crippen molar-refractivity contribution in [2.45, 2.75) is 11.5 Å². The number of primary sulfonamides is 1. The molecule has 0 spiro atoms. The van der Waals surface area contributed by atoms with E-state index in [1.165, 1.54) is 19.2 Å². The van der Waals surface area contributed by atoms with Crippen molar-refractivity contribution in [1.82, 2.24) is 4.98 Å². The molecule has 6 nitrogen and oxygen atoms in total. The molecule has 0 bridgehead atoms. The number of hydrogen-bond donors (Lipinski definition) is 1. The Balaban J connectivity index is 2.08. The third-order valence-corrected chi connectivity index (χ3v) is 3.52. The van der Waals surface area contributed by atoms with E-state index in [1.54, 1.807) is 24.4 Å². The summed E-state index contributed by atoms with van der Waals surface area (Å²) in [6.45, 7) is 0.270. The molecule has 20 heavy (non-hydrogen) atoms. The van der Waals surface area contributed by atoms with E-state index >= 15 is 0 Å². The summed E-state index contributed by atoms with van der Waals surface area (Å²) in [5.74, 6) is 1.02. The second kappa shape index (κ2) is 5.89. The maximum absolute atomic E-state index is 11.1. The predicted molar refractivity (Wildman–Crippen MR) is 72.9 cm³/mol. The zero-order valence-electron chi connectivity index (χ0n) is 10.8. The van der Waals surface area contributed by atoms with Crippen LogP contribution in [-0.2, 0) is 16.6 Å². The smallest absolute Gasteiger partial charge is 0.238 e. The van der Waals surface area contributed by atoms with Crippen LogP contribution in [0.25, 0.3) is 0 Å². The SMILES string of the molecule is COc1ncccc1COc1ccc(S(N)(=O)=O)cc1. The lowest BCUT2D eigenvalue weighted by molar-refractivity contribution is 0.293. The minimum absolute atomic E-state index is 0.0452. The summed E-state index contributed by atoms with van der Waals surface area (Å²) in [5, 5.41) is 5.02. The number of methoxy groups -OCH3 is 1. The van der Waals surface area contributed by atoms with Crippen LogP contribution in [0.5, 0.6) is 11.6 Å². The van der Waals surface area contributed by atoms with E-state index in [1.807, 2.05) is 6.07 Å². The zero-order valence-corrected chi connectivity index (χ0v) is 11.6. The van der Waals surface area contributed by atoms with Gasteiger partial charge in [0, 0.05) is 6.20 Å². The van der Waals surface area contributed by atoms with Crippen molar-refractivity contribution in [3.8, 4) is 11.6 Å². The summed E-state index contributed by atoms with van der Waals surface area (Å²) in [6, 6.07) is 9.50. The molecule has 0 aliphatic rings. The molecule has 0 amide bonds. The number of hydrogen-bond acceptors (Lipinski definition) is 5. The standard InChI is InChI=1S/C13H14N2O4S/c1-18-13-10(3-2-8-15-13)9-19-11-4-6-12(7-5-11)20(14,16)17/h2-8H,9H2,1H3,(H2,14,16,17). The Bertz CT molecular complexity index is 684. The van der Waals surface area contributed by atoms with Gasteiger partial charge in [0.2, 0.25) is 15.9 Å². The van der Waals surface area contributed by atoms with Gasteiger partial charge >= 0.3 is 0 Å². The highest BCUT2D eigenvalue weighted by Gasteiger charge is 2.08. The number of ether oxygens (including phenoxy) is 2. The fraction of sp³-hybridized carbons (Fsp3) is 0.154. The topological polar surface area (TPSA) is 91.5 Å². The van der Waals surface area contributed by atoms with E-state index in [2.05, 4.69) is 4.98 Å². The minimum atomic E-state index is -3.68. The van der Waals surface area contributed by atoms with Crippen molar-refractivity contribution in [1.29, 1.82) is 0 Å². The number of rotatable bonds is 5. The minimum Gasteiger partial charge on any atom is -0.489 e. The van der Waals surface area contributed by atoms with Crippen molar-refractivity contribution in [3.05, 3.63) is 48.2 Å². The van der Waals surface area contributed by atoms with Crippen LogP contribution >= 0.6 is 0 Å². The van der Waals surface area contributed by atoms with Gasteiger partial charge in [0.05, 0.1) is 17.6 Å². The van der Waals surface area contributed by atoms with Gasteiger partial charge in [-0.3, -0.25) is 0 Å². The van der Waals surface area contributed by atoms with Gasteiger partial charge in [0.1, 0.15) is 12.4 Å². The van der Waals surface area contributed by atoms with Crippen LogP contribution < -0.4 is 14.6 Å². The van der Waals surface area contributed by atoms with Gasteiger partial charge in [0.25, 0.3) is 0 Å². The van der Waals surface area contributed by atoms with Gasteiger partial charge in [-0.05, 0) is 36.4 Å². The number of sulfonamides is 1. The van der Waals surface area contributed by atoms with Gasteiger partial charge in [-0.1, -0.05) is 0 Å². The second-order valence-corrected chi connectivity index (χ2v) is 5.54. The van der Waals surface area contributed by atoms with Gasteiger partial charge in [-0.15, -0.1) is 0 Å². The van der Waals surface area contributed by atoms with Crippen molar-refractivity contribution in [2.24, 2.45) is 5.14 Å². The van der Waals surface area contributed by atoms with Crippen molar-refractivity contribution in [2.75, 3.05) is 7.11 Å². The molecule has 1 heterocycles. The number of pyridine rings is 1. The van der Waals surface area contributed by atoms with Gasteiger partial charge in [-0.2, -0.15) is 0 Å². The second-order valence-electron chi connectivity index (χ2n) is 3.98. The predicted octanol–water partition coefficient (Wildman–Crippen LogP) is 1.32. The van der Waals surface area contributed by atoms with Gasteiger partial charge in [-0.25, -0.2) is 18.5 Å². The lowest BCUT2D eigenvalue weighted by atomic mass is 10.3. The maximum atomic E-state index is 11.1. The Morgan fingerprint density at radius 1 is 1.20 bits per heavy atom. The maximum Gasteiger partial charge on any atom is 0.238 e. The molecule has 1 aromatic carbocycles. The van der Waals surface area contributed by atoms with Crippen molar-refractivity contribution >= 4 is 10.0 Å². The Morgan fingerprint density at radius 2 is 1.90 bits per heavy atom. The first-order valence-corrected chi connectivity index (χ1v) is 7.29. The van der Waals surface area contributed by atoms with Crippen LogP contribution in [0.4, 0.5) is 0 Å². The summed E-state index contributed by atoms with van der Waals surface area (Å²) < 4.78 is 32.9. The summed E-state index contributed by atoms with van der Waals surface area (Å²) in [6.07, 6.45) is 1.63. The molecule has 0 saturated carbocycles. The molecule has 2 N–H and O–H groups in total. The molecular formula is C13H14N2O4S. The lowest BCUT2D eigenvalue weighted by Gasteiger charge is -2.09. The Hall–Kier alpha value is -2.12. The van der Waals surface area contributed by atoms with Crippen molar-refractivity contribution < 1.29 is 17.9 Å². The van der Waals surface area contributed by atoms with Gasteiger partial charge < -0.3 is 9.47 Å². The fourth-order valence-electron chi connectivity index (χ4n) is 1.60. The average Bonchev–Trinajstić information content (AvgIpc) is 2.45. The first-order chi connectivity index (χ1) is 9.50. The largest absolute Gasteiger partial charge is 0.489 e. The van der Waals surface area contributed by atoms with E-state index in [0.29, 0.717) is 11.6 Å². The zero-order chi connectivity index (χ0) is 14.6. The number of aromatic nitrogens is 1. The molecule has 0 radical (unpaired) electrons. The van der Waals surface area contributed by atoms with Crippen LogP contribution in [0, 0.1) is 0 Å². The monoisotopic (exact) mass is 294 g/mol. The molecule has 106 valence electrons. The Morgan fingerprint density at radius 3 is 2.50 bits per heavy atom. The molecule has 7 heteroatoms. The summed E-state index contributed by atoms with van der Waals surface area (Å²) in [7, 11) is -2.15. The first-order valence-electron chi connectivity index (χ1n) is 5.74. The molecule has 0 aliphatic carbocycles. The molecule has 2 aromatic rings. The Kier molecular flexibility index (Phi) is 4.21. The third kappa shape index (κ3) is 3.46.